The molecule has 0 amide bonds. The number of hydrogen-bond acceptors (Lipinski definition) is 5. The molecule has 3 aromatic heterocycles. The van der Waals surface area contributed by atoms with Crippen molar-refractivity contribution in [1.82, 2.24) is 14.7 Å². The van der Waals surface area contributed by atoms with Crippen molar-refractivity contribution in [2.75, 3.05) is 0 Å². The lowest BCUT2D eigenvalue weighted by atomic mass is 10.2. The van der Waals surface area contributed by atoms with E-state index in [1.807, 2.05) is 30.3 Å². The SMILES string of the molecule is O=c1onc(-c2ccccn2)n1Cc1sc2ccccc2c1Cl. The van der Waals surface area contributed by atoms with E-state index in [1.54, 1.807) is 29.7 Å². The molecule has 0 saturated heterocycles. The van der Waals surface area contributed by atoms with Crippen molar-refractivity contribution >= 4 is 33.0 Å². The summed E-state index contributed by atoms with van der Waals surface area (Å²) in [6.07, 6.45) is 1.64. The summed E-state index contributed by atoms with van der Waals surface area (Å²) < 4.78 is 7.34. The number of pyridine rings is 1. The lowest BCUT2D eigenvalue weighted by Crippen LogP contribution is -2.16. The molecule has 4 aromatic rings. The number of nitrogens with zero attached hydrogens (tertiary/aromatic N) is 3. The van der Waals surface area contributed by atoms with Gasteiger partial charge in [-0.05, 0) is 18.2 Å². The first-order valence-corrected chi connectivity index (χ1v) is 8.07. The Labute approximate surface area is 139 Å². The standard InChI is InChI=1S/C16H10ClN3O2S/c17-14-10-5-1-2-7-12(10)23-13(14)9-20-15(19-22-16(20)21)11-6-3-4-8-18-11/h1-8H,9H2. The smallest absolute Gasteiger partial charge is 0.295 e. The zero-order valence-electron chi connectivity index (χ0n) is 11.8. The van der Waals surface area contributed by atoms with Crippen LogP contribution in [0.4, 0.5) is 0 Å². The monoisotopic (exact) mass is 343 g/mol. The molecule has 0 atom stereocenters. The fourth-order valence-electron chi connectivity index (χ4n) is 2.40. The van der Waals surface area contributed by atoms with E-state index in [0.717, 1.165) is 15.0 Å². The molecule has 114 valence electrons. The van der Waals surface area contributed by atoms with Crippen LogP contribution in [-0.4, -0.2) is 14.7 Å². The molecule has 0 N–H and O–H groups in total. The summed E-state index contributed by atoms with van der Waals surface area (Å²) in [7, 11) is 0. The summed E-state index contributed by atoms with van der Waals surface area (Å²) in [6.45, 7) is 0.298. The van der Waals surface area contributed by atoms with Gasteiger partial charge < -0.3 is 0 Å². The molecular formula is C16H10ClN3O2S. The predicted molar refractivity (Wildman–Crippen MR) is 89.9 cm³/mol. The van der Waals surface area contributed by atoms with Crippen LogP contribution in [0.1, 0.15) is 4.88 Å². The van der Waals surface area contributed by atoms with E-state index in [1.165, 1.54) is 4.57 Å². The minimum absolute atomic E-state index is 0.298. The van der Waals surface area contributed by atoms with Gasteiger partial charge >= 0.3 is 5.76 Å². The molecule has 0 radical (unpaired) electrons. The van der Waals surface area contributed by atoms with Crippen molar-refractivity contribution < 1.29 is 4.52 Å². The van der Waals surface area contributed by atoms with Crippen LogP contribution < -0.4 is 5.76 Å². The summed E-state index contributed by atoms with van der Waals surface area (Å²) in [6, 6.07) is 13.3. The van der Waals surface area contributed by atoms with E-state index in [-0.39, 0.29) is 0 Å². The second-order valence-electron chi connectivity index (χ2n) is 4.91. The van der Waals surface area contributed by atoms with Crippen molar-refractivity contribution in [2.24, 2.45) is 0 Å². The highest BCUT2D eigenvalue weighted by atomic mass is 35.5. The molecule has 0 aliphatic carbocycles. The van der Waals surface area contributed by atoms with Crippen molar-refractivity contribution in [3.63, 3.8) is 0 Å². The van der Waals surface area contributed by atoms with Crippen LogP contribution in [-0.2, 0) is 6.54 Å². The van der Waals surface area contributed by atoms with E-state index in [4.69, 9.17) is 16.1 Å². The van der Waals surface area contributed by atoms with Gasteiger partial charge in [-0.1, -0.05) is 41.0 Å². The number of thiophene rings is 1. The summed E-state index contributed by atoms with van der Waals surface area (Å²) in [4.78, 5) is 17.1. The lowest BCUT2D eigenvalue weighted by Gasteiger charge is -2.02. The van der Waals surface area contributed by atoms with Crippen molar-refractivity contribution in [3.05, 3.63) is 69.1 Å². The molecular weight excluding hydrogens is 334 g/mol. The highest BCUT2D eigenvalue weighted by Crippen LogP contribution is 2.35. The van der Waals surface area contributed by atoms with Gasteiger partial charge in [0.1, 0.15) is 5.69 Å². The minimum Gasteiger partial charge on any atom is -0.295 e. The largest absolute Gasteiger partial charge is 0.442 e. The number of benzene rings is 1. The van der Waals surface area contributed by atoms with E-state index in [0.29, 0.717) is 23.1 Å². The molecule has 0 fully saturated rings. The van der Waals surface area contributed by atoms with Gasteiger partial charge in [0, 0.05) is 21.2 Å². The maximum absolute atomic E-state index is 12.0. The third-order valence-electron chi connectivity index (χ3n) is 3.48. The normalized spacial score (nSPS) is 11.2. The Morgan fingerprint density at radius 1 is 1.17 bits per heavy atom. The van der Waals surface area contributed by atoms with Crippen LogP contribution in [0, 0.1) is 0 Å². The summed E-state index contributed by atoms with van der Waals surface area (Å²) >= 11 is 8.01. The number of rotatable bonds is 3. The average molecular weight is 344 g/mol. The number of hydrogen-bond donors (Lipinski definition) is 0. The Morgan fingerprint density at radius 2 is 2.00 bits per heavy atom. The topological polar surface area (TPSA) is 60.9 Å². The quantitative estimate of drug-likeness (QED) is 0.567. The molecule has 7 heteroatoms. The van der Waals surface area contributed by atoms with E-state index in [9.17, 15) is 4.79 Å². The number of aromatic nitrogens is 3. The first-order valence-electron chi connectivity index (χ1n) is 6.88. The molecule has 0 saturated carbocycles. The Morgan fingerprint density at radius 3 is 2.78 bits per heavy atom. The third kappa shape index (κ3) is 2.46. The van der Waals surface area contributed by atoms with Crippen LogP contribution >= 0.6 is 22.9 Å². The van der Waals surface area contributed by atoms with Crippen LogP contribution in [0.25, 0.3) is 21.6 Å². The molecule has 0 aliphatic rings. The zero-order valence-corrected chi connectivity index (χ0v) is 13.3. The first-order chi connectivity index (χ1) is 11.2. The van der Waals surface area contributed by atoms with Crippen LogP contribution in [0.15, 0.2) is 58.0 Å². The predicted octanol–water partition coefficient (Wildman–Crippen LogP) is 3.81. The third-order valence-corrected chi connectivity index (χ3v) is 5.18. The van der Waals surface area contributed by atoms with Gasteiger partial charge in [0.15, 0.2) is 0 Å². The molecule has 0 spiro atoms. The van der Waals surface area contributed by atoms with E-state index >= 15 is 0 Å². The summed E-state index contributed by atoms with van der Waals surface area (Å²) in [5.41, 5.74) is 0.579. The van der Waals surface area contributed by atoms with Gasteiger partial charge in [-0.2, -0.15) is 0 Å². The van der Waals surface area contributed by atoms with Gasteiger partial charge in [-0.3, -0.25) is 9.51 Å². The van der Waals surface area contributed by atoms with Crippen LogP contribution in [0.5, 0.6) is 0 Å². The van der Waals surface area contributed by atoms with Crippen molar-refractivity contribution in [1.29, 1.82) is 0 Å². The van der Waals surface area contributed by atoms with Gasteiger partial charge in [0.05, 0.1) is 11.6 Å². The van der Waals surface area contributed by atoms with Gasteiger partial charge in [0.25, 0.3) is 0 Å². The van der Waals surface area contributed by atoms with Crippen LogP contribution in [0.3, 0.4) is 0 Å². The fraction of sp³-hybridized carbons (Fsp3) is 0.0625. The Kier molecular flexibility index (Phi) is 3.48. The van der Waals surface area contributed by atoms with Crippen LogP contribution in [0.2, 0.25) is 5.02 Å². The first kappa shape index (κ1) is 14.2. The van der Waals surface area contributed by atoms with Crippen molar-refractivity contribution in [2.45, 2.75) is 6.54 Å². The molecule has 0 bridgehead atoms. The van der Waals surface area contributed by atoms with E-state index in [2.05, 4.69) is 10.1 Å². The molecule has 3 heterocycles. The summed E-state index contributed by atoms with van der Waals surface area (Å²) in [5, 5.41) is 5.48. The van der Waals surface area contributed by atoms with E-state index < -0.39 is 5.76 Å². The number of halogens is 1. The second-order valence-corrected chi connectivity index (χ2v) is 6.42. The maximum atomic E-state index is 12.0. The highest BCUT2D eigenvalue weighted by Gasteiger charge is 2.17. The Bertz CT molecular complexity index is 1040. The Balaban J connectivity index is 1.81. The average Bonchev–Trinajstić information content (AvgIpc) is 3.10. The molecule has 4 rings (SSSR count). The van der Waals surface area contributed by atoms with Gasteiger partial charge in [0.2, 0.25) is 5.82 Å². The zero-order chi connectivity index (χ0) is 15.8. The Hall–Kier alpha value is -2.44. The van der Waals surface area contributed by atoms with Gasteiger partial charge in [-0.25, -0.2) is 9.36 Å². The fourth-order valence-corrected chi connectivity index (χ4v) is 3.88. The van der Waals surface area contributed by atoms with Gasteiger partial charge in [-0.15, -0.1) is 11.3 Å². The molecule has 5 nitrogen and oxygen atoms in total. The number of fused-ring (bicyclic) bond motifs is 1. The molecule has 1 aromatic carbocycles. The second kappa shape index (κ2) is 5.64. The molecule has 0 unspecified atom stereocenters. The maximum Gasteiger partial charge on any atom is 0.442 e. The molecule has 0 aliphatic heterocycles. The minimum atomic E-state index is -0.529. The van der Waals surface area contributed by atoms with Crippen molar-refractivity contribution in [3.8, 4) is 11.5 Å². The summed E-state index contributed by atoms with van der Waals surface area (Å²) in [5.74, 6) is -0.136. The molecule has 23 heavy (non-hydrogen) atoms. The lowest BCUT2D eigenvalue weighted by molar-refractivity contribution is 0.378. The highest BCUT2D eigenvalue weighted by molar-refractivity contribution is 7.19.